The molecule has 0 aliphatic rings. The summed E-state index contributed by atoms with van der Waals surface area (Å²) in [6.45, 7) is 4.42. The van der Waals surface area contributed by atoms with E-state index in [1.807, 2.05) is 20.9 Å². The van der Waals surface area contributed by atoms with E-state index in [0.717, 1.165) is 5.82 Å². The average molecular weight is 211 g/mol. The second kappa shape index (κ2) is 4.39. The van der Waals surface area contributed by atoms with E-state index in [2.05, 4.69) is 15.4 Å². The second-order valence-corrected chi connectivity index (χ2v) is 4.18. The van der Waals surface area contributed by atoms with Gasteiger partial charge in [-0.2, -0.15) is 5.10 Å². The fourth-order valence-corrected chi connectivity index (χ4v) is 1.30. The maximum Gasteiger partial charge on any atom is 0.219 e. The normalized spacial score (nSPS) is 11.7. The van der Waals surface area contributed by atoms with Crippen molar-refractivity contribution in [3.05, 3.63) is 12.2 Å². The number of carbonyl (C=O) groups excluding carboxylic acids is 1. The summed E-state index contributed by atoms with van der Waals surface area (Å²) >= 11 is 0. The zero-order valence-electron chi connectivity index (χ0n) is 9.32. The van der Waals surface area contributed by atoms with E-state index in [0.29, 0.717) is 13.0 Å². The number of aromatic nitrogens is 3. The highest BCUT2D eigenvalue weighted by Gasteiger charge is 2.20. The molecule has 0 bridgehead atoms. The Hall–Kier alpha value is -1.43. The molecule has 6 heteroatoms. The van der Waals surface area contributed by atoms with Crippen molar-refractivity contribution in [2.24, 2.45) is 12.8 Å². The predicted molar refractivity (Wildman–Crippen MR) is 55.7 cm³/mol. The lowest BCUT2D eigenvalue weighted by molar-refractivity contribution is -0.119. The smallest absolute Gasteiger partial charge is 0.219 e. The Kier molecular flexibility index (Phi) is 3.41. The fraction of sp³-hybridized carbons (Fsp3) is 0.667. The van der Waals surface area contributed by atoms with Crippen LogP contribution in [0, 0.1) is 0 Å². The van der Waals surface area contributed by atoms with Crippen molar-refractivity contribution in [1.29, 1.82) is 0 Å². The van der Waals surface area contributed by atoms with Crippen molar-refractivity contribution in [3.8, 4) is 0 Å². The third kappa shape index (κ3) is 3.67. The zero-order chi connectivity index (χ0) is 11.5. The first kappa shape index (κ1) is 11.6. The Morgan fingerprint density at radius 3 is 2.80 bits per heavy atom. The van der Waals surface area contributed by atoms with Crippen molar-refractivity contribution < 1.29 is 4.79 Å². The van der Waals surface area contributed by atoms with Gasteiger partial charge in [0.2, 0.25) is 5.91 Å². The number of amides is 1. The molecule has 0 aromatic carbocycles. The summed E-state index contributed by atoms with van der Waals surface area (Å²) in [4.78, 5) is 14.9. The minimum atomic E-state index is -0.322. The Balaban J connectivity index is 2.49. The van der Waals surface area contributed by atoms with Crippen LogP contribution in [-0.4, -0.2) is 26.2 Å². The van der Waals surface area contributed by atoms with E-state index in [9.17, 15) is 4.79 Å². The molecule has 0 atom stereocenters. The van der Waals surface area contributed by atoms with E-state index in [4.69, 9.17) is 5.73 Å². The summed E-state index contributed by atoms with van der Waals surface area (Å²) in [7, 11) is 1.82. The van der Waals surface area contributed by atoms with Gasteiger partial charge in [-0.3, -0.25) is 9.48 Å². The van der Waals surface area contributed by atoms with Crippen LogP contribution in [0.25, 0.3) is 0 Å². The van der Waals surface area contributed by atoms with Crippen molar-refractivity contribution in [1.82, 2.24) is 20.1 Å². The van der Waals surface area contributed by atoms with Gasteiger partial charge in [0, 0.05) is 19.0 Å². The molecule has 0 aliphatic carbocycles. The van der Waals surface area contributed by atoms with Gasteiger partial charge < -0.3 is 11.1 Å². The van der Waals surface area contributed by atoms with Crippen molar-refractivity contribution in [2.75, 3.05) is 0 Å². The van der Waals surface area contributed by atoms with Crippen LogP contribution in [0.1, 0.15) is 26.1 Å². The van der Waals surface area contributed by atoms with Crippen LogP contribution in [0.4, 0.5) is 0 Å². The van der Waals surface area contributed by atoms with Gasteiger partial charge in [-0.25, -0.2) is 4.98 Å². The Labute approximate surface area is 88.9 Å². The van der Waals surface area contributed by atoms with Crippen LogP contribution in [0.3, 0.4) is 0 Å². The van der Waals surface area contributed by atoms with E-state index in [1.54, 1.807) is 4.68 Å². The zero-order valence-corrected chi connectivity index (χ0v) is 9.32. The lowest BCUT2D eigenvalue weighted by Gasteiger charge is -2.24. The molecule has 84 valence electrons. The highest BCUT2D eigenvalue weighted by Crippen LogP contribution is 2.08. The molecular formula is C9H17N5O. The third-order valence-electron chi connectivity index (χ3n) is 2.15. The summed E-state index contributed by atoms with van der Waals surface area (Å²) in [5, 5.41) is 7.16. The first-order valence-corrected chi connectivity index (χ1v) is 4.77. The molecule has 0 saturated heterocycles. The third-order valence-corrected chi connectivity index (χ3v) is 2.15. The maximum absolute atomic E-state index is 10.8. The number of aryl methyl sites for hydroxylation is 1. The van der Waals surface area contributed by atoms with Crippen LogP contribution < -0.4 is 11.1 Å². The van der Waals surface area contributed by atoms with E-state index in [-0.39, 0.29) is 11.4 Å². The van der Waals surface area contributed by atoms with Crippen molar-refractivity contribution in [3.63, 3.8) is 0 Å². The molecule has 0 saturated carbocycles. The largest absolute Gasteiger partial charge is 0.370 e. The van der Waals surface area contributed by atoms with Gasteiger partial charge in [-0.05, 0) is 13.8 Å². The van der Waals surface area contributed by atoms with Crippen LogP contribution in [0.15, 0.2) is 6.33 Å². The molecule has 15 heavy (non-hydrogen) atoms. The fourth-order valence-electron chi connectivity index (χ4n) is 1.30. The molecule has 1 heterocycles. The molecule has 0 spiro atoms. The van der Waals surface area contributed by atoms with Crippen LogP contribution in [0.5, 0.6) is 0 Å². The molecule has 1 amide bonds. The number of hydrogen-bond acceptors (Lipinski definition) is 4. The number of rotatable bonds is 5. The van der Waals surface area contributed by atoms with Crippen molar-refractivity contribution >= 4 is 5.91 Å². The van der Waals surface area contributed by atoms with Crippen LogP contribution >= 0.6 is 0 Å². The minimum Gasteiger partial charge on any atom is -0.370 e. The van der Waals surface area contributed by atoms with Crippen LogP contribution in [-0.2, 0) is 18.4 Å². The van der Waals surface area contributed by atoms with E-state index in [1.165, 1.54) is 6.33 Å². The SMILES string of the molecule is Cn1ncnc1CNC(C)(C)CC(N)=O. The van der Waals surface area contributed by atoms with Gasteiger partial charge in [0.25, 0.3) is 0 Å². The molecule has 0 unspecified atom stereocenters. The molecule has 0 radical (unpaired) electrons. The van der Waals surface area contributed by atoms with Gasteiger partial charge >= 0.3 is 0 Å². The molecule has 1 aromatic rings. The van der Waals surface area contributed by atoms with E-state index >= 15 is 0 Å². The summed E-state index contributed by atoms with van der Waals surface area (Å²) in [5.74, 6) is 0.512. The average Bonchev–Trinajstić information content (AvgIpc) is 2.45. The lowest BCUT2D eigenvalue weighted by Crippen LogP contribution is -2.42. The lowest BCUT2D eigenvalue weighted by atomic mass is 10.0. The number of hydrogen-bond donors (Lipinski definition) is 2. The van der Waals surface area contributed by atoms with Gasteiger partial charge in [0.05, 0.1) is 6.54 Å². The molecule has 1 aromatic heterocycles. The molecule has 0 fully saturated rings. The van der Waals surface area contributed by atoms with Crippen LogP contribution in [0.2, 0.25) is 0 Å². The standard InChI is InChI=1S/C9H17N5O/c1-9(2,4-7(10)15)12-5-8-11-6-13-14(8)3/h6,12H,4-5H2,1-3H3,(H2,10,15). The summed E-state index contributed by atoms with van der Waals surface area (Å²) in [5.41, 5.74) is 4.82. The Morgan fingerprint density at radius 1 is 1.67 bits per heavy atom. The summed E-state index contributed by atoms with van der Waals surface area (Å²) in [6, 6.07) is 0. The topological polar surface area (TPSA) is 85.8 Å². The summed E-state index contributed by atoms with van der Waals surface area (Å²) < 4.78 is 1.69. The molecule has 6 nitrogen and oxygen atoms in total. The molecule has 0 aliphatic heterocycles. The highest BCUT2D eigenvalue weighted by molar-refractivity contribution is 5.74. The van der Waals surface area contributed by atoms with E-state index < -0.39 is 0 Å². The monoisotopic (exact) mass is 211 g/mol. The first-order valence-electron chi connectivity index (χ1n) is 4.77. The van der Waals surface area contributed by atoms with Gasteiger partial charge in [-0.15, -0.1) is 0 Å². The molecular weight excluding hydrogens is 194 g/mol. The number of carbonyl (C=O) groups is 1. The van der Waals surface area contributed by atoms with Gasteiger partial charge in [0.15, 0.2) is 0 Å². The molecule has 3 N–H and O–H groups in total. The van der Waals surface area contributed by atoms with Crippen molar-refractivity contribution in [2.45, 2.75) is 32.4 Å². The number of nitrogens with one attached hydrogen (secondary N) is 1. The number of nitrogens with zero attached hydrogens (tertiary/aromatic N) is 3. The quantitative estimate of drug-likeness (QED) is 0.691. The highest BCUT2D eigenvalue weighted by atomic mass is 16.1. The Morgan fingerprint density at radius 2 is 2.33 bits per heavy atom. The minimum absolute atomic E-state index is 0.296. The summed E-state index contributed by atoms with van der Waals surface area (Å²) in [6.07, 6.45) is 1.79. The first-order chi connectivity index (χ1) is 6.91. The van der Waals surface area contributed by atoms with Gasteiger partial charge in [0.1, 0.15) is 12.2 Å². The Bertz CT molecular complexity index is 344. The predicted octanol–water partition coefficient (Wildman–Crippen LogP) is -0.441. The number of nitrogens with two attached hydrogens (primary N) is 1. The maximum atomic E-state index is 10.8. The van der Waals surface area contributed by atoms with Gasteiger partial charge in [-0.1, -0.05) is 0 Å². The second-order valence-electron chi connectivity index (χ2n) is 4.18. The number of primary amides is 1. The molecule has 1 rings (SSSR count).